The molecule has 0 spiro atoms. The van der Waals surface area contributed by atoms with Crippen LogP contribution in [0.1, 0.15) is 30.8 Å². The van der Waals surface area contributed by atoms with Gasteiger partial charge in [-0.3, -0.25) is 14.2 Å². The third-order valence-corrected chi connectivity index (χ3v) is 6.69. The maximum Gasteiger partial charge on any atom is 0.244 e. The molecule has 2 amide bonds. The molecule has 172 valence electrons. The number of nitrogens with zero attached hydrogens (tertiary/aromatic N) is 4. The molecule has 0 aliphatic carbocycles. The van der Waals surface area contributed by atoms with Crippen LogP contribution in [-0.2, 0) is 16.1 Å². The van der Waals surface area contributed by atoms with Crippen molar-refractivity contribution in [2.24, 2.45) is 0 Å². The Labute approximate surface area is 198 Å². The Morgan fingerprint density at radius 1 is 1.12 bits per heavy atom. The Morgan fingerprint density at radius 3 is 2.58 bits per heavy atom. The van der Waals surface area contributed by atoms with Crippen molar-refractivity contribution in [3.05, 3.63) is 66.0 Å². The average Bonchev–Trinajstić information content (AvgIpc) is 3.19. The fraction of sp³-hybridized carbons (Fsp3) is 0.333. The van der Waals surface area contributed by atoms with Gasteiger partial charge in [0.1, 0.15) is 12.6 Å². The van der Waals surface area contributed by atoms with Gasteiger partial charge in [-0.15, -0.1) is 10.2 Å². The number of para-hydroxylation sites is 2. The fourth-order valence-electron chi connectivity index (χ4n) is 4.09. The summed E-state index contributed by atoms with van der Waals surface area (Å²) in [6, 6.07) is 17.7. The van der Waals surface area contributed by atoms with E-state index in [1.165, 1.54) is 16.7 Å². The predicted molar refractivity (Wildman–Crippen MR) is 130 cm³/mol. The van der Waals surface area contributed by atoms with Gasteiger partial charge in [0.15, 0.2) is 11.0 Å². The van der Waals surface area contributed by atoms with E-state index in [0.717, 1.165) is 23.5 Å². The summed E-state index contributed by atoms with van der Waals surface area (Å²) in [5.41, 5.74) is 2.52. The number of carbonyl (C=O) groups is 2. The number of hydrogen-bond acceptors (Lipinski definition) is 5. The molecule has 0 bridgehead atoms. The summed E-state index contributed by atoms with van der Waals surface area (Å²) >= 11 is 1.36. The van der Waals surface area contributed by atoms with E-state index >= 15 is 0 Å². The molecule has 2 aromatic carbocycles. The lowest BCUT2D eigenvalue weighted by atomic mass is 10.2. The molecule has 0 saturated heterocycles. The Hall–Kier alpha value is -3.17. The summed E-state index contributed by atoms with van der Waals surface area (Å²) in [4.78, 5) is 28.0. The Morgan fingerprint density at radius 2 is 1.85 bits per heavy atom. The van der Waals surface area contributed by atoms with Crippen LogP contribution in [0.2, 0.25) is 0 Å². The summed E-state index contributed by atoms with van der Waals surface area (Å²) < 4.78 is 2.12. The zero-order valence-corrected chi connectivity index (χ0v) is 19.9. The minimum atomic E-state index is -0.193. The average molecular weight is 466 g/mol. The van der Waals surface area contributed by atoms with Crippen LogP contribution in [0, 0.1) is 0 Å². The molecule has 1 atom stereocenters. The number of hydrogen-bond donors (Lipinski definition) is 2. The van der Waals surface area contributed by atoms with Gasteiger partial charge < -0.3 is 15.1 Å². The van der Waals surface area contributed by atoms with Crippen molar-refractivity contribution in [3.8, 4) is 0 Å². The Balaban J connectivity index is 1.57. The lowest BCUT2D eigenvalue weighted by Crippen LogP contribution is -3.06. The van der Waals surface area contributed by atoms with Crippen molar-refractivity contribution in [3.63, 3.8) is 0 Å². The van der Waals surface area contributed by atoms with Crippen molar-refractivity contribution < 1.29 is 14.5 Å². The molecule has 2 N–H and O–H groups in total. The smallest absolute Gasteiger partial charge is 0.244 e. The summed E-state index contributed by atoms with van der Waals surface area (Å²) in [6.45, 7) is 2.80. The fourth-order valence-corrected chi connectivity index (χ4v) is 4.91. The normalized spacial score (nSPS) is 14.2. The number of aromatic nitrogens is 3. The Kier molecular flexibility index (Phi) is 7.10. The highest BCUT2D eigenvalue weighted by atomic mass is 32.2. The maximum absolute atomic E-state index is 13.1. The van der Waals surface area contributed by atoms with Crippen LogP contribution in [0.5, 0.6) is 0 Å². The van der Waals surface area contributed by atoms with E-state index in [-0.39, 0.29) is 30.2 Å². The molecule has 3 aromatic rings. The first-order valence-corrected chi connectivity index (χ1v) is 12.1. The molecule has 2 heterocycles. The molecular weight excluding hydrogens is 436 g/mol. The standard InChI is InChI=1S/C24H28N6O2S/c1-4-19(28(2)3)23-26-27-24(30(23)14-17-10-6-5-7-11-17)33-16-22(32)29-15-21(31)25-18-12-8-9-13-20(18)29/h5-13,19H,4,14-16H2,1-3H3,(H,25,31)/p+1/t19-/m1/s1. The van der Waals surface area contributed by atoms with Gasteiger partial charge >= 0.3 is 0 Å². The molecule has 1 aliphatic heterocycles. The van der Waals surface area contributed by atoms with E-state index in [4.69, 9.17) is 0 Å². The van der Waals surface area contributed by atoms with Gasteiger partial charge in [0, 0.05) is 6.42 Å². The van der Waals surface area contributed by atoms with Crippen LogP contribution < -0.4 is 15.1 Å². The SMILES string of the molecule is CC[C@H](c1nnc(SCC(=O)N2CC(=O)Nc3ccccc32)n1Cc1ccccc1)[NH+](C)C. The number of benzene rings is 2. The third kappa shape index (κ3) is 5.09. The van der Waals surface area contributed by atoms with Crippen molar-refractivity contribution in [2.75, 3.05) is 36.6 Å². The number of carbonyl (C=O) groups excluding carboxylic acids is 2. The van der Waals surface area contributed by atoms with Crippen LogP contribution >= 0.6 is 11.8 Å². The zero-order valence-electron chi connectivity index (χ0n) is 19.1. The first-order chi connectivity index (χ1) is 16.0. The van der Waals surface area contributed by atoms with Crippen molar-refractivity contribution in [1.82, 2.24) is 14.8 Å². The lowest BCUT2D eigenvalue weighted by Gasteiger charge is -2.29. The minimum Gasteiger partial charge on any atom is -0.331 e. The van der Waals surface area contributed by atoms with Crippen LogP contribution in [0.3, 0.4) is 0 Å². The number of anilines is 2. The van der Waals surface area contributed by atoms with Crippen molar-refractivity contribution in [1.29, 1.82) is 0 Å². The van der Waals surface area contributed by atoms with Gasteiger partial charge in [-0.2, -0.15) is 0 Å². The zero-order chi connectivity index (χ0) is 23.4. The van der Waals surface area contributed by atoms with E-state index in [9.17, 15) is 9.59 Å². The number of fused-ring (bicyclic) bond motifs is 1. The second kappa shape index (κ2) is 10.2. The highest BCUT2D eigenvalue weighted by molar-refractivity contribution is 7.99. The van der Waals surface area contributed by atoms with Crippen LogP contribution in [0.15, 0.2) is 59.8 Å². The molecule has 0 fully saturated rings. The predicted octanol–water partition coefficient (Wildman–Crippen LogP) is 2.00. The van der Waals surface area contributed by atoms with E-state index in [0.29, 0.717) is 17.4 Å². The van der Waals surface area contributed by atoms with Crippen LogP contribution in [0.25, 0.3) is 0 Å². The van der Waals surface area contributed by atoms with Gasteiger partial charge in [-0.1, -0.05) is 61.2 Å². The number of amides is 2. The first kappa shape index (κ1) is 23.0. The number of quaternary nitrogens is 1. The second-order valence-corrected chi connectivity index (χ2v) is 9.23. The molecular formula is C24H29N6O2S+. The molecule has 8 nitrogen and oxygen atoms in total. The van der Waals surface area contributed by atoms with Crippen molar-refractivity contribution >= 4 is 35.0 Å². The third-order valence-electron chi connectivity index (χ3n) is 5.74. The van der Waals surface area contributed by atoms with E-state index < -0.39 is 0 Å². The van der Waals surface area contributed by atoms with Gasteiger partial charge in [-0.05, 0) is 17.7 Å². The Bertz CT molecular complexity index is 1130. The van der Waals surface area contributed by atoms with Crippen LogP contribution in [-0.4, -0.2) is 53.0 Å². The van der Waals surface area contributed by atoms with Crippen molar-refractivity contribution in [2.45, 2.75) is 31.1 Å². The molecule has 1 aliphatic rings. The minimum absolute atomic E-state index is 0.0141. The molecule has 0 saturated carbocycles. The highest BCUT2D eigenvalue weighted by Gasteiger charge is 2.28. The topological polar surface area (TPSA) is 84.6 Å². The van der Waals surface area contributed by atoms with Crippen LogP contribution in [0.4, 0.5) is 11.4 Å². The lowest BCUT2D eigenvalue weighted by molar-refractivity contribution is -0.893. The quantitative estimate of drug-likeness (QED) is 0.497. The molecule has 9 heteroatoms. The molecule has 0 unspecified atom stereocenters. The van der Waals surface area contributed by atoms with E-state index in [1.54, 1.807) is 11.0 Å². The van der Waals surface area contributed by atoms with Gasteiger partial charge in [0.2, 0.25) is 11.8 Å². The molecule has 33 heavy (non-hydrogen) atoms. The summed E-state index contributed by atoms with van der Waals surface area (Å²) in [5, 5.41) is 12.5. The summed E-state index contributed by atoms with van der Waals surface area (Å²) in [6.07, 6.45) is 0.929. The molecule has 4 rings (SSSR count). The molecule has 1 aromatic heterocycles. The van der Waals surface area contributed by atoms with E-state index in [2.05, 4.69) is 53.2 Å². The number of thioether (sulfide) groups is 1. The highest BCUT2D eigenvalue weighted by Crippen LogP contribution is 2.30. The van der Waals surface area contributed by atoms with Gasteiger partial charge in [-0.25, -0.2) is 0 Å². The first-order valence-electron chi connectivity index (χ1n) is 11.1. The number of rotatable bonds is 8. The summed E-state index contributed by atoms with van der Waals surface area (Å²) in [5.74, 6) is 0.754. The molecule has 0 radical (unpaired) electrons. The van der Waals surface area contributed by atoms with Gasteiger partial charge in [0.05, 0.1) is 37.8 Å². The number of nitrogens with one attached hydrogen (secondary N) is 2. The largest absolute Gasteiger partial charge is 0.331 e. The monoisotopic (exact) mass is 465 g/mol. The van der Waals surface area contributed by atoms with Gasteiger partial charge in [0.25, 0.3) is 0 Å². The second-order valence-electron chi connectivity index (χ2n) is 8.28. The van der Waals surface area contributed by atoms with E-state index in [1.807, 2.05) is 36.4 Å². The maximum atomic E-state index is 13.1. The summed E-state index contributed by atoms with van der Waals surface area (Å²) in [7, 11) is 4.23.